The first kappa shape index (κ1) is 15.3. The van der Waals surface area contributed by atoms with Gasteiger partial charge in [-0.1, -0.05) is 13.3 Å². The molecule has 0 bridgehead atoms. The van der Waals surface area contributed by atoms with Crippen molar-refractivity contribution >= 4 is 23.4 Å². The van der Waals surface area contributed by atoms with Gasteiger partial charge in [-0.05, 0) is 38.9 Å². The summed E-state index contributed by atoms with van der Waals surface area (Å²) < 4.78 is 10.5. The largest absolute Gasteiger partial charge is 0.381 e. The molecule has 2 aromatic heterocycles. The van der Waals surface area contributed by atoms with E-state index in [1.807, 2.05) is 11.6 Å². The number of ether oxygens (including phenoxy) is 1. The lowest BCUT2D eigenvalue weighted by Gasteiger charge is -2.07. The molecule has 2 aromatic rings. The molecule has 0 fully saturated rings. The van der Waals surface area contributed by atoms with Gasteiger partial charge in [0.15, 0.2) is 10.4 Å². The second kappa shape index (κ2) is 7.04. The molecule has 2 heterocycles. The maximum absolute atomic E-state index is 5.61. The van der Waals surface area contributed by atoms with Gasteiger partial charge in [-0.3, -0.25) is 0 Å². The first-order valence-electron chi connectivity index (χ1n) is 7.42. The second-order valence-electron chi connectivity index (χ2n) is 5.00. The van der Waals surface area contributed by atoms with Gasteiger partial charge in [0.1, 0.15) is 5.52 Å². The van der Waals surface area contributed by atoms with Crippen LogP contribution in [0.3, 0.4) is 0 Å². The molecule has 0 spiro atoms. The van der Waals surface area contributed by atoms with E-state index in [9.17, 15) is 0 Å². The first-order chi connectivity index (χ1) is 9.69. The fourth-order valence-corrected chi connectivity index (χ4v) is 2.64. The molecule has 0 saturated heterocycles. The standard InChI is InChI=1S/C14H24N4OS/c1-4-6-9-19-10-7-8-17-13-12(15-14(17)20)11(3)16-18(13)5-2/h4-10H2,1-3H3,(H,15,20). The van der Waals surface area contributed by atoms with Gasteiger partial charge in [-0.2, -0.15) is 5.10 Å². The van der Waals surface area contributed by atoms with Gasteiger partial charge < -0.3 is 14.3 Å². The fourth-order valence-electron chi connectivity index (χ4n) is 2.36. The van der Waals surface area contributed by atoms with Crippen molar-refractivity contribution in [2.75, 3.05) is 13.2 Å². The molecule has 0 atom stereocenters. The van der Waals surface area contributed by atoms with E-state index in [4.69, 9.17) is 17.0 Å². The SMILES string of the molecule is CCCCOCCCn1c(=S)[nH]c2c(C)nn(CC)c21. The maximum Gasteiger partial charge on any atom is 0.179 e. The van der Waals surface area contributed by atoms with Gasteiger partial charge in [0.25, 0.3) is 0 Å². The lowest BCUT2D eigenvalue weighted by Crippen LogP contribution is -2.07. The van der Waals surface area contributed by atoms with Gasteiger partial charge in [0.05, 0.1) is 5.69 Å². The van der Waals surface area contributed by atoms with Crippen molar-refractivity contribution < 1.29 is 4.74 Å². The zero-order chi connectivity index (χ0) is 14.5. The third kappa shape index (κ3) is 3.12. The van der Waals surface area contributed by atoms with Crippen molar-refractivity contribution in [2.45, 2.75) is 53.1 Å². The maximum atomic E-state index is 5.61. The van der Waals surface area contributed by atoms with Crippen molar-refractivity contribution in [3.8, 4) is 0 Å². The summed E-state index contributed by atoms with van der Waals surface area (Å²) in [7, 11) is 0. The summed E-state index contributed by atoms with van der Waals surface area (Å²) in [5.74, 6) is 0. The molecule has 0 aliphatic carbocycles. The molecule has 0 radical (unpaired) electrons. The predicted molar refractivity (Wildman–Crippen MR) is 83.7 cm³/mol. The number of hydrogen-bond acceptors (Lipinski definition) is 3. The minimum Gasteiger partial charge on any atom is -0.381 e. The van der Waals surface area contributed by atoms with Crippen LogP contribution in [-0.2, 0) is 17.8 Å². The summed E-state index contributed by atoms with van der Waals surface area (Å²) in [6.45, 7) is 9.65. The van der Waals surface area contributed by atoms with Crippen molar-refractivity contribution in [3.05, 3.63) is 10.5 Å². The van der Waals surface area contributed by atoms with E-state index in [2.05, 4.69) is 28.5 Å². The van der Waals surface area contributed by atoms with Crippen LogP contribution in [-0.4, -0.2) is 32.5 Å². The Morgan fingerprint density at radius 1 is 1.25 bits per heavy atom. The van der Waals surface area contributed by atoms with E-state index >= 15 is 0 Å². The fraction of sp³-hybridized carbons (Fsp3) is 0.714. The molecular formula is C14H24N4OS. The molecule has 112 valence electrons. The minimum absolute atomic E-state index is 0.774. The van der Waals surface area contributed by atoms with Gasteiger partial charge in [-0.15, -0.1) is 0 Å². The molecule has 0 saturated carbocycles. The van der Waals surface area contributed by atoms with Crippen LogP contribution >= 0.6 is 12.2 Å². The topological polar surface area (TPSA) is 47.8 Å². The number of unbranched alkanes of at least 4 members (excludes halogenated alkanes) is 1. The Morgan fingerprint density at radius 3 is 2.70 bits per heavy atom. The van der Waals surface area contributed by atoms with Crippen LogP contribution in [0.25, 0.3) is 11.2 Å². The average molecular weight is 296 g/mol. The Kier molecular flexibility index (Phi) is 5.37. The molecule has 6 heteroatoms. The van der Waals surface area contributed by atoms with E-state index in [1.165, 1.54) is 6.42 Å². The highest BCUT2D eigenvalue weighted by atomic mass is 32.1. The van der Waals surface area contributed by atoms with Crippen molar-refractivity contribution in [3.63, 3.8) is 0 Å². The summed E-state index contributed by atoms with van der Waals surface area (Å²) in [5.41, 5.74) is 3.17. The molecule has 1 N–H and O–H groups in total. The van der Waals surface area contributed by atoms with Gasteiger partial charge in [0, 0.05) is 26.3 Å². The number of nitrogens with one attached hydrogen (secondary N) is 1. The number of fused-ring (bicyclic) bond motifs is 1. The molecule has 2 rings (SSSR count). The van der Waals surface area contributed by atoms with Crippen LogP contribution in [0.15, 0.2) is 0 Å². The summed E-state index contributed by atoms with van der Waals surface area (Å²) in [6, 6.07) is 0. The normalized spacial score (nSPS) is 11.6. The average Bonchev–Trinajstić information content (AvgIpc) is 2.92. The molecule has 0 aliphatic rings. The molecule has 0 aliphatic heterocycles. The Hall–Kier alpha value is -1.14. The summed E-state index contributed by atoms with van der Waals surface area (Å²) in [5, 5.41) is 4.53. The van der Waals surface area contributed by atoms with Crippen molar-refractivity contribution in [1.29, 1.82) is 0 Å². The number of hydrogen-bond donors (Lipinski definition) is 1. The molecule has 0 amide bonds. The highest BCUT2D eigenvalue weighted by Crippen LogP contribution is 2.18. The van der Waals surface area contributed by atoms with Crippen molar-refractivity contribution in [2.24, 2.45) is 0 Å². The van der Waals surface area contributed by atoms with Gasteiger partial charge >= 0.3 is 0 Å². The third-order valence-corrected chi connectivity index (χ3v) is 3.77. The zero-order valence-electron chi connectivity index (χ0n) is 12.6. The number of nitrogens with zero attached hydrogens (tertiary/aromatic N) is 3. The molecule has 0 aromatic carbocycles. The second-order valence-corrected chi connectivity index (χ2v) is 5.39. The number of rotatable bonds is 8. The number of H-pyrrole nitrogens is 1. The smallest absolute Gasteiger partial charge is 0.179 e. The van der Waals surface area contributed by atoms with Crippen LogP contribution in [0.1, 0.15) is 38.8 Å². The van der Waals surface area contributed by atoms with Crippen molar-refractivity contribution in [1.82, 2.24) is 19.3 Å². The number of aryl methyl sites for hydroxylation is 3. The Balaban J connectivity index is 2.06. The Bertz CT molecular complexity index is 610. The minimum atomic E-state index is 0.774. The molecule has 20 heavy (non-hydrogen) atoms. The quantitative estimate of drug-likeness (QED) is 0.599. The van der Waals surface area contributed by atoms with Crippen LogP contribution in [0.2, 0.25) is 0 Å². The first-order valence-corrected chi connectivity index (χ1v) is 7.83. The monoisotopic (exact) mass is 296 g/mol. The highest BCUT2D eigenvalue weighted by molar-refractivity contribution is 7.71. The number of aromatic amines is 1. The lowest BCUT2D eigenvalue weighted by molar-refractivity contribution is 0.126. The van der Waals surface area contributed by atoms with Gasteiger partial charge in [-0.25, -0.2) is 4.68 Å². The van der Waals surface area contributed by atoms with Gasteiger partial charge in [0.2, 0.25) is 0 Å². The molecular weight excluding hydrogens is 272 g/mol. The van der Waals surface area contributed by atoms with E-state index in [-0.39, 0.29) is 0 Å². The Morgan fingerprint density at radius 2 is 2.00 bits per heavy atom. The third-order valence-electron chi connectivity index (χ3n) is 3.45. The molecule has 0 unspecified atom stereocenters. The molecule has 5 nitrogen and oxygen atoms in total. The zero-order valence-corrected chi connectivity index (χ0v) is 13.4. The van der Waals surface area contributed by atoms with Crippen LogP contribution in [0.5, 0.6) is 0 Å². The van der Waals surface area contributed by atoms with E-state index in [1.54, 1.807) is 0 Å². The summed E-state index contributed by atoms with van der Waals surface area (Å²) >= 11 is 5.42. The van der Waals surface area contributed by atoms with Crippen LogP contribution in [0.4, 0.5) is 0 Å². The summed E-state index contributed by atoms with van der Waals surface area (Å²) in [6.07, 6.45) is 3.28. The van der Waals surface area contributed by atoms with Crippen LogP contribution in [0, 0.1) is 11.7 Å². The predicted octanol–water partition coefficient (Wildman–Crippen LogP) is 3.43. The van der Waals surface area contributed by atoms with E-state index in [0.29, 0.717) is 0 Å². The highest BCUT2D eigenvalue weighted by Gasteiger charge is 2.13. The number of imidazole rings is 1. The van der Waals surface area contributed by atoms with E-state index < -0.39 is 0 Å². The Labute approximate surface area is 124 Å². The lowest BCUT2D eigenvalue weighted by atomic mass is 10.3. The van der Waals surface area contributed by atoms with E-state index in [0.717, 1.165) is 60.8 Å². The summed E-state index contributed by atoms with van der Waals surface area (Å²) in [4.78, 5) is 3.26. The number of aromatic nitrogens is 4. The van der Waals surface area contributed by atoms with Crippen LogP contribution < -0.4 is 0 Å².